The summed E-state index contributed by atoms with van der Waals surface area (Å²) in [6.07, 6.45) is 4.22. The summed E-state index contributed by atoms with van der Waals surface area (Å²) in [4.78, 5) is 24.9. The van der Waals surface area contributed by atoms with E-state index < -0.39 is 11.5 Å². The average molecular weight is 339 g/mol. The molecule has 0 radical (unpaired) electrons. The summed E-state index contributed by atoms with van der Waals surface area (Å²) in [6, 6.07) is 7.37. The van der Waals surface area contributed by atoms with Crippen LogP contribution >= 0.6 is 0 Å². The third-order valence-electron chi connectivity index (χ3n) is 5.06. The summed E-state index contributed by atoms with van der Waals surface area (Å²) in [5.74, 6) is 1.44. The van der Waals surface area contributed by atoms with E-state index in [0.717, 1.165) is 37.0 Å². The zero-order chi connectivity index (χ0) is 17.6. The van der Waals surface area contributed by atoms with Gasteiger partial charge < -0.3 is 14.5 Å². The molecule has 0 spiro atoms. The maximum absolute atomic E-state index is 12.6. The molecule has 1 saturated carbocycles. The topological polar surface area (TPSA) is 68.5 Å². The van der Waals surface area contributed by atoms with Crippen LogP contribution in [0, 0.1) is 6.92 Å². The average Bonchev–Trinajstić information content (AvgIpc) is 2.84. The molecule has 0 saturated heterocycles. The van der Waals surface area contributed by atoms with Gasteiger partial charge in [-0.15, -0.1) is 0 Å². The number of fused-ring (bicyclic) bond motifs is 1. The van der Waals surface area contributed by atoms with Gasteiger partial charge in [0.15, 0.2) is 0 Å². The van der Waals surface area contributed by atoms with Crippen molar-refractivity contribution in [1.82, 2.24) is 0 Å². The minimum atomic E-state index is -0.558. The SMILES string of the molecule is Cc1cc(C2CCC2)oc(=O)c1C(=O)Nc1ccc2c(c1)CC(C)O2. The number of benzene rings is 1. The van der Waals surface area contributed by atoms with E-state index >= 15 is 0 Å². The standard InChI is InChI=1S/C20H21NO4/c1-11-8-17(13-4-3-5-13)25-20(23)18(11)19(22)21-15-6-7-16-14(10-15)9-12(2)24-16/h6-8,10,12-13H,3-5,9H2,1-2H3,(H,21,22). The first-order valence-corrected chi connectivity index (χ1v) is 8.77. The number of amides is 1. The number of carbonyl (C=O) groups excluding carboxylic acids is 1. The molecule has 1 aromatic heterocycles. The van der Waals surface area contributed by atoms with Crippen LogP contribution in [0.3, 0.4) is 0 Å². The van der Waals surface area contributed by atoms with Gasteiger partial charge in [-0.05, 0) is 62.1 Å². The second-order valence-electron chi connectivity index (χ2n) is 7.03. The Kier molecular flexibility index (Phi) is 3.86. The number of anilines is 1. The van der Waals surface area contributed by atoms with Crippen LogP contribution < -0.4 is 15.7 Å². The molecule has 1 unspecified atom stereocenters. The van der Waals surface area contributed by atoms with Crippen LogP contribution in [0.25, 0.3) is 0 Å². The molecule has 1 fully saturated rings. The number of rotatable bonds is 3. The van der Waals surface area contributed by atoms with E-state index in [1.807, 2.05) is 25.1 Å². The van der Waals surface area contributed by atoms with Crippen LogP contribution in [0.2, 0.25) is 0 Å². The molecule has 5 heteroatoms. The van der Waals surface area contributed by atoms with Gasteiger partial charge in [-0.25, -0.2) is 4.79 Å². The van der Waals surface area contributed by atoms with Gasteiger partial charge in [-0.2, -0.15) is 0 Å². The Labute approximate surface area is 146 Å². The fourth-order valence-corrected chi connectivity index (χ4v) is 3.49. The third kappa shape index (κ3) is 2.95. The lowest BCUT2D eigenvalue weighted by Crippen LogP contribution is -2.24. The highest BCUT2D eigenvalue weighted by molar-refractivity contribution is 6.05. The Balaban J connectivity index is 1.57. The molecule has 2 heterocycles. The minimum Gasteiger partial charge on any atom is -0.490 e. The molecule has 1 aliphatic carbocycles. The van der Waals surface area contributed by atoms with Gasteiger partial charge in [-0.1, -0.05) is 6.42 Å². The van der Waals surface area contributed by atoms with E-state index in [0.29, 0.717) is 22.9 Å². The van der Waals surface area contributed by atoms with Crippen molar-refractivity contribution in [3.63, 3.8) is 0 Å². The predicted octanol–water partition coefficient (Wildman–Crippen LogP) is 3.79. The number of aryl methyl sites for hydroxylation is 1. The lowest BCUT2D eigenvalue weighted by molar-refractivity contribution is 0.102. The van der Waals surface area contributed by atoms with Crippen molar-refractivity contribution < 1.29 is 13.9 Å². The third-order valence-corrected chi connectivity index (χ3v) is 5.06. The first kappa shape index (κ1) is 15.9. The van der Waals surface area contributed by atoms with Crippen molar-refractivity contribution in [2.45, 2.75) is 51.6 Å². The molecule has 0 bridgehead atoms. The molecule has 1 aliphatic heterocycles. The summed E-state index contributed by atoms with van der Waals surface area (Å²) in [5, 5.41) is 2.81. The highest BCUT2D eigenvalue weighted by atomic mass is 16.5. The molecular formula is C20H21NO4. The summed E-state index contributed by atoms with van der Waals surface area (Å²) in [7, 11) is 0. The van der Waals surface area contributed by atoms with E-state index in [2.05, 4.69) is 5.32 Å². The number of carbonyl (C=O) groups is 1. The van der Waals surface area contributed by atoms with Crippen molar-refractivity contribution in [1.29, 1.82) is 0 Å². The van der Waals surface area contributed by atoms with Gasteiger partial charge in [0.2, 0.25) is 0 Å². The molecule has 5 nitrogen and oxygen atoms in total. The van der Waals surface area contributed by atoms with Crippen LogP contribution in [-0.4, -0.2) is 12.0 Å². The number of ether oxygens (including phenoxy) is 1. The Morgan fingerprint density at radius 1 is 1.24 bits per heavy atom. The van der Waals surface area contributed by atoms with Gasteiger partial charge in [0.25, 0.3) is 5.91 Å². The van der Waals surface area contributed by atoms with E-state index in [1.54, 1.807) is 13.0 Å². The Morgan fingerprint density at radius 2 is 2.04 bits per heavy atom. The highest BCUT2D eigenvalue weighted by Crippen LogP contribution is 2.36. The monoisotopic (exact) mass is 339 g/mol. The second-order valence-corrected chi connectivity index (χ2v) is 7.03. The van der Waals surface area contributed by atoms with Gasteiger partial charge in [-0.3, -0.25) is 4.79 Å². The van der Waals surface area contributed by atoms with E-state index in [4.69, 9.17) is 9.15 Å². The van der Waals surface area contributed by atoms with Gasteiger partial charge in [0.05, 0.1) is 0 Å². The zero-order valence-corrected chi connectivity index (χ0v) is 14.4. The van der Waals surface area contributed by atoms with Gasteiger partial charge in [0, 0.05) is 18.0 Å². The van der Waals surface area contributed by atoms with Crippen LogP contribution in [0.4, 0.5) is 5.69 Å². The normalized spacial score (nSPS) is 19.0. The Morgan fingerprint density at radius 3 is 2.72 bits per heavy atom. The van der Waals surface area contributed by atoms with Crippen molar-refractivity contribution >= 4 is 11.6 Å². The van der Waals surface area contributed by atoms with Crippen LogP contribution in [0.15, 0.2) is 33.5 Å². The fraction of sp³-hybridized carbons (Fsp3) is 0.400. The first-order valence-electron chi connectivity index (χ1n) is 8.77. The van der Waals surface area contributed by atoms with Crippen molar-refractivity contribution in [3.05, 3.63) is 57.1 Å². The zero-order valence-electron chi connectivity index (χ0n) is 14.4. The quantitative estimate of drug-likeness (QED) is 0.924. The maximum Gasteiger partial charge on any atom is 0.349 e. The predicted molar refractivity (Wildman–Crippen MR) is 94.5 cm³/mol. The van der Waals surface area contributed by atoms with Crippen LogP contribution in [-0.2, 0) is 6.42 Å². The maximum atomic E-state index is 12.6. The molecule has 1 amide bonds. The molecule has 130 valence electrons. The summed E-state index contributed by atoms with van der Waals surface area (Å²) in [5.41, 5.74) is 1.90. The van der Waals surface area contributed by atoms with Crippen LogP contribution in [0.5, 0.6) is 5.75 Å². The van der Waals surface area contributed by atoms with E-state index in [1.165, 1.54) is 0 Å². The van der Waals surface area contributed by atoms with Gasteiger partial charge in [0.1, 0.15) is 23.2 Å². The van der Waals surface area contributed by atoms with Crippen molar-refractivity contribution in [2.75, 3.05) is 5.32 Å². The van der Waals surface area contributed by atoms with E-state index in [-0.39, 0.29) is 11.7 Å². The molecule has 1 N–H and O–H groups in total. The van der Waals surface area contributed by atoms with Gasteiger partial charge >= 0.3 is 5.63 Å². The lowest BCUT2D eigenvalue weighted by Gasteiger charge is -2.24. The smallest absolute Gasteiger partial charge is 0.349 e. The van der Waals surface area contributed by atoms with Crippen molar-refractivity contribution in [3.8, 4) is 5.75 Å². The number of nitrogens with one attached hydrogen (secondary N) is 1. The highest BCUT2D eigenvalue weighted by Gasteiger charge is 2.25. The minimum absolute atomic E-state index is 0.0770. The number of hydrogen-bond donors (Lipinski definition) is 1. The molecule has 2 aromatic rings. The molecule has 4 rings (SSSR count). The van der Waals surface area contributed by atoms with Crippen LogP contribution in [0.1, 0.15) is 59.3 Å². The molecular weight excluding hydrogens is 318 g/mol. The summed E-state index contributed by atoms with van der Waals surface area (Å²) in [6.45, 7) is 3.79. The molecule has 1 aromatic carbocycles. The Bertz CT molecular complexity index is 895. The molecule has 1 atom stereocenters. The Hall–Kier alpha value is -2.56. The molecule has 25 heavy (non-hydrogen) atoms. The fourth-order valence-electron chi connectivity index (χ4n) is 3.49. The van der Waals surface area contributed by atoms with Crippen molar-refractivity contribution in [2.24, 2.45) is 0 Å². The summed E-state index contributed by atoms with van der Waals surface area (Å²) >= 11 is 0. The first-order chi connectivity index (χ1) is 12.0. The lowest BCUT2D eigenvalue weighted by atomic mass is 9.83. The molecule has 2 aliphatic rings. The number of hydrogen-bond acceptors (Lipinski definition) is 4. The summed E-state index contributed by atoms with van der Waals surface area (Å²) < 4.78 is 11.1. The second kappa shape index (κ2) is 6.06. The largest absolute Gasteiger partial charge is 0.490 e. The van der Waals surface area contributed by atoms with E-state index in [9.17, 15) is 9.59 Å².